The van der Waals surface area contributed by atoms with Gasteiger partial charge in [-0.15, -0.1) is 0 Å². The number of hydrogen-bond acceptors (Lipinski definition) is 5. The van der Waals surface area contributed by atoms with E-state index in [1.165, 1.54) is 17.3 Å². The third kappa shape index (κ3) is 4.74. The van der Waals surface area contributed by atoms with Crippen LogP contribution in [0.3, 0.4) is 0 Å². The van der Waals surface area contributed by atoms with Crippen molar-refractivity contribution < 1.29 is 9.53 Å². The SMILES string of the molecule is CC(C)(C)c1ccc(C=C2SC(=S)N(CCN3CCOCC3)C2=O)cc1. The average molecular weight is 391 g/mol. The number of rotatable bonds is 4. The Bertz CT molecular complexity index is 702. The molecule has 0 N–H and O–H groups in total. The van der Waals surface area contributed by atoms with Crippen LogP contribution < -0.4 is 0 Å². The summed E-state index contributed by atoms with van der Waals surface area (Å²) in [4.78, 5) is 17.5. The van der Waals surface area contributed by atoms with Crippen LogP contribution in [0.2, 0.25) is 0 Å². The minimum absolute atomic E-state index is 0.0214. The zero-order valence-corrected chi connectivity index (χ0v) is 17.3. The van der Waals surface area contributed by atoms with Gasteiger partial charge in [-0.05, 0) is 22.6 Å². The maximum atomic E-state index is 12.7. The van der Waals surface area contributed by atoms with Gasteiger partial charge in [-0.1, -0.05) is 69.0 Å². The molecule has 0 atom stereocenters. The number of morpholine rings is 1. The van der Waals surface area contributed by atoms with Crippen molar-refractivity contribution in [2.75, 3.05) is 39.4 Å². The van der Waals surface area contributed by atoms with Gasteiger partial charge in [0, 0.05) is 26.2 Å². The first-order valence-electron chi connectivity index (χ1n) is 9.00. The van der Waals surface area contributed by atoms with Crippen molar-refractivity contribution in [3.63, 3.8) is 0 Å². The lowest BCUT2D eigenvalue weighted by Crippen LogP contribution is -2.42. The summed E-state index contributed by atoms with van der Waals surface area (Å²) in [6, 6.07) is 8.40. The van der Waals surface area contributed by atoms with Gasteiger partial charge in [0.25, 0.3) is 5.91 Å². The van der Waals surface area contributed by atoms with Crippen LogP contribution in [-0.2, 0) is 14.9 Å². The molecule has 2 aliphatic heterocycles. The molecule has 1 amide bonds. The third-order valence-electron chi connectivity index (χ3n) is 4.69. The van der Waals surface area contributed by atoms with Crippen LogP contribution in [0.25, 0.3) is 6.08 Å². The molecule has 0 aliphatic carbocycles. The van der Waals surface area contributed by atoms with Gasteiger partial charge in [0.15, 0.2) is 0 Å². The predicted molar refractivity (Wildman–Crippen MR) is 112 cm³/mol. The second kappa shape index (κ2) is 8.21. The number of nitrogens with zero attached hydrogens (tertiary/aromatic N) is 2. The highest BCUT2D eigenvalue weighted by Gasteiger charge is 2.32. The normalized spacial score (nSPS) is 21.0. The van der Waals surface area contributed by atoms with Crippen LogP contribution in [0.4, 0.5) is 0 Å². The molecule has 2 fully saturated rings. The summed E-state index contributed by atoms with van der Waals surface area (Å²) in [6.45, 7) is 11.4. The number of thiocarbonyl (C=S) groups is 1. The lowest BCUT2D eigenvalue weighted by molar-refractivity contribution is -0.122. The van der Waals surface area contributed by atoms with Crippen LogP contribution in [0.5, 0.6) is 0 Å². The van der Waals surface area contributed by atoms with Crippen LogP contribution >= 0.6 is 24.0 Å². The molecular weight excluding hydrogens is 364 g/mol. The molecule has 1 aromatic rings. The van der Waals surface area contributed by atoms with Gasteiger partial charge in [-0.25, -0.2) is 0 Å². The Morgan fingerprint density at radius 1 is 1.15 bits per heavy atom. The number of thioether (sulfide) groups is 1. The van der Waals surface area contributed by atoms with Crippen LogP contribution in [-0.4, -0.2) is 59.4 Å². The molecule has 1 aromatic carbocycles. The molecule has 0 saturated carbocycles. The number of ether oxygens (including phenoxy) is 1. The fourth-order valence-electron chi connectivity index (χ4n) is 2.99. The first-order valence-corrected chi connectivity index (χ1v) is 10.2. The lowest BCUT2D eigenvalue weighted by atomic mass is 9.87. The average Bonchev–Trinajstić information content (AvgIpc) is 2.87. The second-order valence-corrected chi connectivity index (χ2v) is 9.34. The summed E-state index contributed by atoms with van der Waals surface area (Å²) in [5.74, 6) is 0.0214. The Labute approximate surface area is 165 Å². The highest BCUT2D eigenvalue weighted by atomic mass is 32.2. The molecule has 4 nitrogen and oxygen atoms in total. The Morgan fingerprint density at radius 3 is 2.42 bits per heavy atom. The molecule has 2 heterocycles. The smallest absolute Gasteiger partial charge is 0.266 e. The van der Waals surface area contributed by atoms with E-state index < -0.39 is 0 Å². The first-order chi connectivity index (χ1) is 12.3. The zero-order chi connectivity index (χ0) is 18.7. The van der Waals surface area contributed by atoms with E-state index in [4.69, 9.17) is 17.0 Å². The molecule has 2 aliphatic rings. The van der Waals surface area contributed by atoms with Crippen molar-refractivity contribution in [3.05, 3.63) is 40.3 Å². The topological polar surface area (TPSA) is 32.8 Å². The summed E-state index contributed by atoms with van der Waals surface area (Å²) < 4.78 is 6.02. The van der Waals surface area contributed by atoms with Crippen LogP contribution in [0.1, 0.15) is 31.9 Å². The number of carbonyl (C=O) groups is 1. The van der Waals surface area contributed by atoms with E-state index in [0.717, 1.165) is 38.4 Å². The molecule has 26 heavy (non-hydrogen) atoms. The van der Waals surface area contributed by atoms with Gasteiger partial charge in [-0.3, -0.25) is 14.6 Å². The van der Waals surface area contributed by atoms with Gasteiger partial charge in [0.1, 0.15) is 4.32 Å². The number of amides is 1. The Balaban J connectivity index is 1.64. The molecule has 140 valence electrons. The zero-order valence-electron chi connectivity index (χ0n) is 15.7. The van der Waals surface area contributed by atoms with Crippen molar-refractivity contribution >= 4 is 40.3 Å². The fraction of sp³-hybridized carbons (Fsp3) is 0.500. The van der Waals surface area contributed by atoms with E-state index in [0.29, 0.717) is 15.8 Å². The van der Waals surface area contributed by atoms with Crippen LogP contribution in [0, 0.1) is 0 Å². The van der Waals surface area contributed by atoms with E-state index in [1.807, 2.05) is 6.08 Å². The highest BCUT2D eigenvalue weighted by Crippen LogP contribution is 2.32. The van der Waals surface area contributed by atoms with Crippen molar-refractivity contribution in [3.8, 4) is 0 Å². The van der Waals surface area contributed by atoms with Crippen molar-refractivity contribution in [2.24, 2.45) is 0 Å². The Kier molecular flexibility index (Phi) is 6.17. The summed E-state index contributed by atoms with van der Waals surface area (Å²) in [6.07, 6.45) is 1.94. The number of benzene rings is 1. The van der Waals surface area contributed by atoms with Gasteiger partial charge >= 0.3 is 0 Å². The molecule has 0 aromatic heterocycles. The highest BCUT2D eigenvalue weighted by molar-refractivity contribution is 8.26. The molecule has 0 unspecified atom stereocenters. The van der Waals surface area contributed by atoms with Crippen molar-refractivity contribution in [1.82, 2.24) is 9.80 Å². The maximum absolute atomic E-state index is 12.7. The molecule has 3 rings (SSSR count). The molecular formula is C20H26N2O2S2. The minimum Gasteiger partial charge on any atom is -0.379 e. The summed E-state index contributed by atoms with van der Waals surface area (Å²) in [5, 5.41) is 0. The summed E-state index contributed by atoms with van der Waals surface area (Å²) in [5.41, 5.74) is 2.45. The first kappa shape index (κ1) is 19.5. The largest absolute Gasteiger partial charge is 0.379 e. The van der Waals surface area contributed by atoms with E-state index in [2.05, 4.69) is 49.9 Å². The third-order valence-corrected chi connectivity index (χ3v) is 6.07. The van der Waals surface area contributed by atoms with Crippen molar-refractivity contribution in [2.45, 2.75) is 26.2 Å². The Morgan fingerprint density at radius 2 is 1.81 bits per heavy atom. The predicted octanol–water partition coefficient (Wildman–Crippen LogP) is 3.52. The van der Waals surface area contributed by atoms with E-state index in [1.54, 1.807) is 4.90 Å². The molecule has 0 bridgehead atoms. The van der Waals surface area contributed by atoms with Crippen molar-refractivity contribution in [1.29, 1.82) is 0 Å². The fourth-order valence-corrected chi connectivity index (χ4v) is 4.30. The quantitative estimate of drug-likeness (QED) is 0.580. The monoisotopic (exact) mass is 390 g/mol. The van der Waals surface area contributed by atoms with Gasteiger partial charge in [0.05, 0.1) is 18.1 Å². The molecule has 2 saturated heterocycles. The second-order valence-electron chi connectivity index (χ2n) is 7.66. The number of carbonyl (C=O) groups excluding carboxylic acids is 1. The van der Waals surface area contributed by atoms with Gasteiger partial charge in [-0.2, -0.15) is 0 Å². The molecule has 0 spiro atoms. The van der Waals surface area contributed by atoms with E-state index >= 15 is 0 Å². The standard InChI is InChI=1S/C20H26N2O2S2/c1-20(2,3)16-6-4-15(5-7-16)14-17-18(23)22(19(25)26-17)9-8-21-10-12-24-13-11-21/h4-7,14H,8-13H2,1-3H3. The van der Waals surface area contributed by atoms with E-state index in [-0.39, 0.29) is 11.3 Å². The lowest BCUT2D eigenvalue weighted by Gasteiger charge is -2.28. The molecule has 0 radical (unpaired) electrons. The summed E-state index contributed by atoms with van der Waals surface area (Å²) >= 11 is 6.83. The van der Waals surface area contributed by atoms with E-state index in [9.17, 15) is 4.79 Å². The Hall–Kier alpha value is -1.21. The molecule has 6 heteroatoms. The van der Waals surface area contributed by atoms with Gasteiger partial charge < -0.3 is 4.74 Å². The minimum atomic E-state index is 0.0214. The summed E-state index contributed by atoms with van der Waals surface area (Å²) in [7, 11) is 0. The number of hydrogen-bond donors (Lipinski definition) is 0. The maximum Gasteiger partial charge on any atom is 0.266 e. The van der Waals surface area contributed by atoms with Crippen LogP contribution in [0.15, 0.2) is 29.2 Å². The van der Waals surface area contributed by atoms with Gasteiger partial charge in [0.2, 0.25) is 0 Å².